The summed E-state index contributed by atoms with van der Waals surface area (Å²) < 4.78 is 5.29. The summed E-state index contributed by atoms with van der Waals surface area (Å²) in [4.78, 5) is 0. The van der Waals surface area contributed by atoms with Crippen molar-refractivity contribution >= 4 is 11.6 Å². The molecule has 0 bridgehead atoms. The highest BCUT2D eigenvalue weighted by Crippen LogP contribution is 2.26. The quantitative estimate of drug-likeness (QED) is 0.596. The van der Waals surface area contributed by atoms with Crippen LogP contribution in [-0.2, 0) is 6.42 Å². The van der Waals surface area contributed by atoms with E-state index in [9.17, 15) is 0 Å². The van der Waals surface area contributed by atoms with Crippen molar-refractivity contribution in [1.82, 2.24) is 5.32 Å². The Labute approximate surface area is 95.6 Å². The average molecular weight is 229 g/mol. The molecule has 1 aromatic carbocycles. The van der Waals surface area contributed by atoms with Crippen molar-refractivity contribution in [2.24, 2.45) is 5.73 Å². The van der Waals surface area contributed by atoms with Crippen LogP contribution < -0.4 is 15.8 Å². The van der Waals surface area contributed by atoms with E-state index in [2.05, 4.69) is 5.32 Å². The van der Waals surface area contributed by atoms with Gasteiger partial charge in [0, 0.05) is 18.2 Å². The van der Waals surface area contributed by atoms with Crippen LogP contribution in [0.4, 0.5) is 0 Å². The molecule has 1 rings (SSSR count). The molecule has 0 fully saturated rings. The number of hydrogen-bond acceptors (Lipinski definition) is 3. The van der Waals surface area contributed by atoms with Gasteiger partial charge in [-0.25, -0.2) is 0 Å². The molecule has 0 aliphatic heterocycles. The second kappa shape index (κ2) is 5.95. The maximum absolute atomic E-state index is 6.05. The van der Waals surface area contributed by atoms with Gasteiger partial charge in [0.15, 0.2) is 0 Å². The third kappa shape index (κ3) is 3.38. The molecule has 0 aliphatic rings. The van der Waals surface area contributed by atoms with Crippen molar-refractivity contribution in [3.05, 3.63) is 28.3 Å². The lowest BCUT2D eigenvalue weighted by Gasteiger charge is -2.11. The van der Waals surface area contributed by atoms with E-state index < -0.39 is 0 Å². The molecule has 0 unspecified atom stereocenters. The number of aryl methyl sites for hydroxylation is 1. The second-order valence-corrected chi connectivity index (χ2v) is 3.77. The molecular weight excluding hydrogens is 212 g/mol. The number of methoxy groups -OCH3 is 1. The zero-order valence-corrected chi connectivity index (χ0v) is 9.90. The largest absolute Gasteiger partial charge is 0.496 e. The molecule has 4 heteroatoms. The van der Waals surface area contributed by atoms with Gasteiger partial charge < -0.3 is 15.8 Å². The van der Waals surface area contributed by atoms with Crippen molar-refractivity contribution < 1.29 is 4.74 Å². The van der Waals surface area contributed by atoms with Gasteiger partial charge in [-0.2, -0.15) is 0 Å². The monoisotopic (exact) mass is 228 g/mol. The zero-order chi connectivity index (χ0) is 11.3. The first-order valence-electron chi connectivity index (χ1n) is 4.92. The topological polar surface area (TPSA) is 47.3 Å². The number of nitrogens with one attached hydrogen (secondary N) is 1. The van der Waals surface area contributed by atoms with Crippen molar-refractivity contribution in [3.63, 3.8) is 0 Å². The Morgan fingerprint density at radius 1 is 1.47 bits per heavy atom. The predicted molar refractivity (Wildman–Crippen MR) is 63.5 cm³/mol. The summed E-state index contributed by atoms with van der Waals surface area (Å²) in [6.07, 6.45) is 0.861. The molecule has 1 aromatic rings. The van der Waals surface area contributed by atoms with Gasteiger partial charge in [-0.15, -0.1) is 0 Å². The molecular formula is C11H17ClN2O. The molecule has 0 amide bonds. The summed E-state index contributed by atoms with van der Waals surface area (Å²) in [6.45, 7) is 3.28. The van der Waals surface area contributed by atoms with Gasteiger partial charge in [-0.1, -0.05) is 11.6 Å². The van der Waals surface area contributed by atoms with E-state index in [1.54, 1.807) is 7.11 Å². The van der Waals surface area contributed by atoms with Crippen molar-refractivity contribution in [3.8, 4) is 5.75 Å². The van der Waals surface area contributed by atoms with Crippen LogP contribution in [0.5, 0.6) is 5.75 Å². The highest BCUT2D eigenvalue weighted by atomic mass is 35.5. The highest BCUT2D eigenvalue weighted by Gasteiger charge is 2.06. The van der Waals surface area contributed by atoms with Crippen LogP contribution >= 0.6 is 11.6 Å². The molecule has 84 valence electrons. The van der Waals surface area contributed by atoms with Gasteiger partial charge in [-0.05, 0) is 36.6 Å². The smallest absolute Gasteiger partial charge is 0.122 e. The Hall–Kier alpha value is -0.770. The fourth-order valence-corrected chi connectivity index (χ4v) is 1.59. The number of halogens is 1. The SMILES string of the molecule is COc1cc(C)c(Cl)cc1CCNCN. The van der Waals surface area contributed by atoms with Crippen molar-refractivity contribution in [1.29, 1.82) is 0 Å². The molecule has 0 aromatic heterocycles. The molecule has 3 nitrogen and oxygen atoms in total. The van der Waals surface area contributed by atoms with Gasteiger partial charge in [-0.3, -0.25) is 0 Å². The number of rotatable bonds is 5. The van der Waals surface area contributed by atoms with Gasteiger partial charge in [0.2, 0.25) is 0 Å². The van der Waals surface area contributed by atoms with Crippen LogP contribution in [0.3, 0.4) is 0 Å². The summed E-state index contributed by atoms with van der Waals surface area (Å²) in [5, 5.41) is 3.84. The van der Waals surface area contributed by atoms with Crippen molar-refractivity contribution in [2.75, 3.05) is 20.3 Å². The first-order valence-corrected chi connectivity index (χ1v) is 5.30. The zero-order valence-electron chi connectivity index (χ0n) is 9.14. The van der Waals surface area contributed by atoms with Gasteiger partial charge in [0.05, 0.1) is 7.11 Å². The lowest BCUT2D eigenvalue weighted by Crippen LogP contribution is -2.24. The van der Waals surface area contributed by atoms with Gasteiger partial charge in [0.25, 0.3) is 0 Å². The minimum absolute atomic E-state index is 0.488. The van der Waals surface area contributed by atoms with Crippen LogP contribution in [-0.4, -0.2) is 20.3 Å². The molecule has 0 heterocycles. The molecule has 0 saturated heterocycles. The van der Waals surface area contributed by atoms with Crippen LogP contribution in [0, 0.1) is 6.92 Å². The Kier molecular flexibility index (Phi) is 4.88. The van der Waals surface area contributed by atoms with Crippen LogP contribution in [0.15, 0.2) is 12.1 Å². The summed E-state index contributed by atoms with van der Waals surface area (Å²) in [7, 11) is 1.67. The Bertz CT molecular complexity index is 329. The molecule has 0 atom stereocenters. The number of nitrogens with two attached hydrogens (primary N) is 1. The van der Waals surface area contributed by atoms with Crippen LogP contribution in [0.2, 0.25) is 5.02 Å². The Balaban J connectivity index is 2.80. The number of ether oxygens (including phenoxy) is 1. The summed E-state index contributed by atoms with van der Waals surface area (Å²) in [5.74, 6) is 0.885. The molecule has 0 saturated carbocycles. The van der Waals surface area contributed by atoms with Crippen LogP contribution in [0.25, 0.3) is 0 Å². The maximum Gasteiger partial charge on any atom is 0.122 e. The molecule has 0 aliphatic carbocycles. The van der Waals surface area contributed by atoms with E-state index in [4.69, 9.17) is 22.1 Å². The van der Waals surface area contributed by atoms with Gasteiger partial charge >= 0.3 is 0 Å². The summed E-state index contributed by atoms with van der Waals surface area (Å²) in [6, 6.07) is 3.91. The van der Waals surface area contributed by atoms with E-state index >= 15 is 0 Å². The van der Waals surface area contributed by atoms with E-state index in [0.717, 1.165) is 34.9 Å². The fourth-order valence-electron chi connectivity index (χ4n) is 1.41. The standard InChI is InChI=1S/C11H17ClN2O/c1-8-5-11(15-2)9(6-10(8)12)3-4-14-7-13/h5-6,14H,3-4,7,13H2,1-2H3. The first kappa shape index (κ1) is 12.3. The first-order chi connectivity index (χ1) is 7.19. The lowest BCUT2D eigenvalue weighted by atomic mass is 10.1. The van der Waals surface area contributed by atoms with E-state index in [-0.39, 0.29) is 0 Å². The molecule has 0 spiro atoms. The average Bonchev–Trinajstić information content (AvgIpc) is 2.23. The van der Waals surface area contributed by atoms with Crippen LogP contribution in [0.1, 0.15) is 11.1 Å². The minimum Gasteiger partial charge on any atom is -0.496 e. The van der Waals surface area contributed by atoms with E-state index in [0.29, 0.717) is 6.67 Å². The Morgan fingerprint density at radius 3 is 2.80 bits per heavy atom. The van der Waals surface area contributed by atoms with E-state index in [1.165, 1.54) is 0 Å². The second-order valence-electron chi connectivity index (χ2n) is 3.37. The minimum atomic E-state index is 0.488. The van der Waals surface area contributed by atoms with Gasteiger partial charge in [0.1, 0.15) is 5.75 Å². The summed E-state index contributed by atoms with van der Waals surface area (Å²) in [5.41, 5.74) is 7.49. The third-order valence-electron chi connectivity index (χ3n) is 2.28. The fraction of sp³-hybridized carbons (Fsp3) is 0.455. The number of hydrogen-bond donors (Lipinski definition) is 2. The lowest BCUT2D eigenvalue weighted by molar-refractivity contribution is 0.409. The predicted octanol–water partition coefficient (Wildman–Crippen LogP) is 1.71. The molecule has 0 radical (unpaired) electrons. The highest BCUT2D eigenvalue weighted by molar-refractivity contribution is 6.31. The third-order valence-corrected chi connectivity index (χ3v) is 2.68. The Morgan fingerprint density at radius 2 is 2.20 bits per heavy atom. The number of benzene rings is 1. The van der Waals surface area contributed by atoms with Crippen molar-refractivity contribution in [2.45, 2.75) is 13.3 Å². The summed E-state index contributed by atoms with van der Waals surface area (Å²) >= 11 is 6.05. The molecule has 3 N–H and O–H groups in total. The van der Waals surface area contributed by atoms with E-state index in [1.807, 2.05) is 19.1 Å². The molecule has 15 heavy (non-hydrogen) atoms. The normalized spacial score (nSPS) is 10.4. The maximum atomic E-state index is 6.05.